The highest BCUT2D eigenvalue weighted by molar-refractivity contribution is 5.02. The maximum atomic E-state index is 10.2. The van der Waals surface area contributed by atoms with Crippen molar-refractivity contribution in [2.75, 3.05) is 13.2 Å². The zero-order valence-corrected chi connectivity index (χ0v) is 12.4. The average molecular weight is 360 g/mol. The lowest BCUT2D eigenvalue weighted by molar-refractivity contribution is -0.386. The van der Waals surface area contributed by atoms with E-state index >= 15 is 0 Å². The third-order valence-corrected chi connectivity index (χ3v) is 4.03. The number of aliphatic hydroxyl groups is 11. The van der Waals surface area contributed by atoms with E-state index in [1.807, 2.05) is 0 Å². The van der Waals surface area contributed by atoms with Gasteiger partial charge in [-0.1, -0.05) is 0 Å². The molecule has 0 aromatic rings. The third kappa shape index (κ3) is 3.85. The molecule has 0 aromatic carbocycles. The van der Waals surface area contributed by atoms with Crippen LogP contribution >= 0.6 is 0 Å². The van der Waals surface area contributed by atoms with E-state index in [2.05, 4.69) is 0 Å². The molecule has 0 spiro atoms. The number of ether oxygens (including phenoxy) is 1. The van der Waals surface area contributed by atoms with Gasteiger partial charge in [0.15, 0.2) is 0 Å². The summed E-state index contributed by atoms with van der Waals surface area (Å²) in [6.45, 7) is -1.91. The Morgan fingerprint density at radius 2 is 1.38 bits per heavy atom. The van der Waals surface area contributed by atoms with Gasteiger partial charge >= 0.3 is 0 Å². The maximum Gasteiger partial charge on any atom is 0.224 e. The van der Waals surface area contributed by atoms with Gasteiger partial charge in [-0.05, 0) is 0 Å². The summed E-state index contributed by atoms with van der Waals surface area (Å²) in [6, 6.07) is 0. The van der Waals surface area contributed by atoms with E-state index in [9.17, 15) is 46.0 Å². The fourth-order valence-corrected chi connectivity index (χ4v) is 2.39. The average Bonchev–Trinajstić information content (AvgIpc) is 2.59. The zero-order chi connectivity index (χ0) is 18.8. The summed E-state index contributed by atoms with van der Waals surface area (Å²) in [5.74, 6) is -3.13. The molecule has 0 saturated carbocycles. The van der Waals surface area contributed by atoms with Gasteiger partial charge in [-0.15, -0.1) is 0 Å². The summed E-state index contributed by atoms with van der Waals surface area (Å²) >= 11 is 0. The molecule has 1 fully saturated rings. The first-order valence-corrected chi connectivity index (χ1v) is 7.09. The molecule has 0 aliphatic carbocycles. The number of aliphatic hydroxyl groups excluding tert-OH is 10. The van der Waals surface area contributed by atoms with Crippen LogP contribution in [0.4, 0.5) is 0 Å². The molecule has 1 heterocycles. The van der Waals surface area contributed by atoms with E-state index in [4.69, 9.17) is 14.9 Å². The lowest BCUT2D eigenvalue weighted by atomic mass is 9.85. The number of rotatable bonds is 7. The van der Waals surface area contributed by atoms with Crippen molar-refractivity contribution >= 4 is 0 Å². The molecule has 0 amide bonds. The van der Waals surface area contributed by atoms with E-state index in [0.717, 1.165) is 0 Å². The molecular weight excluding hydrogens is 336 g/mol. The Morgan fingerprint density at radius 3 is 1.83 bits per heavy atom. The quantitative estimate of drug-likeness (QED) is 0.203. The molecule has 1 rings (SSSR count). The van der Waals surface area contributed by atoms with Crippen LogP contribution in [-0.4, -0.2) is 130 Å². The lowest BCUT2D eigenvalue weighted by Gasteiger charge is -2.48. The molecule has 0 bridgehead atoms. The molecule has 2 unspecified atom stereocenters. The van der Waals surface area contributed by atoms with Crippen molar-refractivity contribution in [3.8, 4) is 0 Å². The Balaban J connectivity index is 2.99. The van der Waals surface area contributed by atoms with Gasteiger partial charge < -0.3 is 60.9 Å². The SMILES string of the molecule is OC[C@H](O)[C@@H](O)[C@H](O)[C@H](O)C(O)C1(O)O[C@H](CO)[C@@H](O)[C@H](O)[C@H]1O. The second kappa shape index (κ2) is 8.27. The van der Waals surface area contributed by atoms with Gasteiger partial charge in [-0.25, -0.2) is 0 Å². The van der Waals surface area contributed by atoms with Gasteiger partial charge in [-0.3, -0.25) is 0 Å². The molecule has 12 nitrogen and oxygen atoms in total. The lowest BCUT2D eigenvalue weighted by Crippen LogP contribution is -2.72. The van der Waals surface area contributed by atoms with Gasteiger partial charge in [0.25, 0.3) is 0 Å². The van der Waals surface area contributed by atoms with Crippen LogP contribution in [0.2, 0.25) is 0 Å². The van der Waals surface area contributed by atoms with E-state index in [0.29, 0.717) is 0 Å². The van der Waals surface area contributed by atoms with Crippen LogP contribution in [0.5, 0.6) is 0 Å². The zero-order valence-electron chi connectivity index (χ0n) is 12.4. The van der Waals surface area contributed by atoms with Crippen molar-refractivity contribution in [2.45, 2.75) is 60.7 Å². The molecule has 24 heavy (non-hydrogen) atoms. The first-order chi connectivity index (χ1) is 11.0. The summed E-state index contributed by atoms with van der Waals surface area (Å²) in [5, 5.41) is 105. The van der Waals surface area contributed by atoms with Crippen LogP contribution in [-0.2, 0) is 4.74 Å². The second-order valence-corrected chi connectivity index (χ2v) is 5.68. The van der Waals surface area contributed by atoms with Crippen LogP contribution in [0.25, 0.3) is 0 Å². The summed E-state index contributed by atoms with van der Waals surface area (Å²) in [5.41, 5.74) is 0. The molecule has 1 saturated heterocycles. The third-order valence-electron chi connectivity index (χ3n) is 4.03. The molecule has 1 aliphatic heterocycles. The van der Waals surface area contributed by atoms with Crippen molar-refractivity contribution in [1.82, 2.24) is 0 Å². The first-order valence-electron chi connectivity index (χ1n) is 7.09. The minimum Gasteiger partial charge on any atom is -0.394 e. The fraction of sp³-hybridized carbons (Fsp3) is 1.00. The van der Waals surface area contributed by atoms with Gasteiger partial charge in [0.05, 0.1) is 13.2 Å². The van der Waals surface area contributed by atoms with Crippen LogP contribution in [0.15, 0.2) is 0 Å². The minimum atomic E-state index is -3.13. The van der Waals surface area contributed by atoms with Crippen molar-refractivity contribution in [2.24, 2.45) is 0 Å². The maximum absolute atomic E-state index is 10.2. The van der Waals surface area contributed by atoms with E-state index in [-0.39, 0.29) is 0 Å². The molecular formula is C12H24O12. The molecule has 144 valence electrons. The van der Waals surface area contributed by atoms with Crippen LogP contribution in [0.3, 0.4) is 0 Å². The van der Waals surface area contributed by atoms with Gasteiger partial charge in [0, 0.05) is 0 Å². The smallest absolute Gasteiger partial charge is 0.224 e. The molecule has 10 atom stereocenters. The Labute approximate surface area is 136 Å². The van der Waals surface area contributed by atoms with Gasteiger partial charge in [0.1, 0.15) is 54.9 Å². The molecule has 0 aromatic heterocycles. The Kier molecular flexibility index (Phi) is 7.43. The summed E-state index contributed by atoms with van der Waals surface area (Å²) in [4.78, 5) is 0. The van der Waals surface area contributed by atoms with Crippen LogP contribution in [0, 0.1) is 0 Å². The van der Waals surface area contributed by atoms with Crippen LogP contribution < -0.4 is 0 Å². The monoisotopic (exact) mass is 360 g/mol. The Bertz CT molecular complexity index is 394. The first kappa shape index (κ1) is 21.6. The highest BCUT2D eigenvalue weighted by Gasteiger charge is 2.59. The van der Waals surface area contributed by atoms with E-state index in [1.165, 1.54) is 0 Å². The molecule has 0 radical (unpaired) electrons. The highest BCUT2D eigenvalue weighted by Crippen LogP contribution is 2.33. The van der Waals surface area contributed by atoms with Crippen molar-refractivity contribution in [3.05, 3.63) is 0 Å². The van der Waals surface area contributed by atoms with Crippen molar-refractivity contribution < 1.29 is 60.9 Å². The Morgan fingerprint density at radius 1 is 0.833 bits per heavy atom. The number of hydrogen-bond acceptors (Lipinski definition) is 12. The topological polar surface area (TPSA) is 232 Å². The van der Waals surface area contributed by atoms with Gasteiger partial charge in [0.2, 0.25) is 5.79 Å². The minimum absolute atomic E-state index is 0.926. The predicted octanol–water partition coefficient (Wildman–Crippen LogP) is -7.05. The molecule has 1 aliphatic rings. The largest absolute Gasteiger partial charge is 0.394 e. The summed E-state index contributed by atoms with van der Waals surface area (Å²) < 4.78 is 4.75. The van der Waals surface area contributed by atoms with E-state index in [1.54, 1.807) is 0 Å². The number of hydrogen-bond donors (Lipinski definition) is 11. The standard InChI is InChI=1S/C12H24O12/c13-1-3(15)5(16)7(18)9(20)11(22)12(23)10(21)8(19)6(17)4(2-14)24-12/h3-11,13-23H,1-2H2/t3-,4+,5+,6+,7-,8-,9-,10+,11?,12?/m0/s1. The fourth-order valence-electron chi connectivity index (χ4n) is 2.39. The van der Waals surface area contributed by atoms with Crippen LogP contribution in [0.1, 0.15) is 0 Å². The van der Waals surface area contributed by atoms with Gasteiger partial charge in [-0.2, -0.15) is 0 Å². The van der Waals surface area contributed by atoms with E-state index < -0.39 is 73.9 Å². The summed E-state index contributed by atoms with van der Waals surface area (Å²) in [6.07, 6.45) is -19.2. The summed E-state index contributed by atoms with van der Waals surface area (Å²) in [7, 11) is 0. The highest BCUT2D eigenvalue weighted by atomic mass is 16.7. The van der Waals surface area contributed by atoms with Crippen molar-refractivity contribution in [3.63, 3.8) is 0 Å². The van der Waals surface area contributed by atoms with Crippen molar-refractivity contribution in [1.29, 1.82) is 0 Å². The molecule has 11 N–H and O–H groups in total. The molecule has 12 heteroatoms. The second-order valence-electron chi connectivity index (χ2n) is 5.68. The normalized spacial score (nSPS) is 40.6. The Hall–Kier alpha value is -0.480. The predicted molar refractivity (Wildman–Crippen MR) is 72.0 cm³/mol.